The second kappa shape index (κ2) is 6.55. The third-order valence-electron chi connectivity index (χ3n) is 3.66. The molecule has 1 fully saturated rings. The van der Waals surface area contributed by atoms with Gasteiger partial charge in [-0.25, -0.2) is 9.18 Å². The van der Waals surface area contributed by atoms with E-state index < -0.39 is 0 Å². The van der Waals surface area contributed by atoms with Crippen LogP contribution in [0.25, 0.3) is 11.4 Å². The van der Waals surface area contributed by atoms with Crippen molar-refractivity contribution in [3.05, 3.63) is 36.0 Å². The molecule has 0 bridgehead atoms. The maximum atomic E-state index is 12.9. The van der Waals surface area contributed by atoms with E-state index in [2.05, 4.69) is 20.8 Å². The van der Waals surface area contributed by atoms with Crippen molar-refractivity contribution in [2.45, 2.75) is 38.3 Å². The van der Waals surface area contributed by atoms with E-state index in [0.717, 1.165) is 25.7 Å². The summed E-state index contributed by atoms with van der Waals surface area (Å²) in [5.74, 6) is 0.353. The molecule has 22 heavy (non-hydrogen) atoms. The second-order valence-corrected chi connectivity index (χ2v) is 5.33. The first-order valence-corrected chi connectivity index (χ1v) is 7.33. The first-order chi connectivity index (χ1) is 10.7. The monoisotopic (exact) mass is 304 g/mol. The van der Waals surface area contributed by atoms with Crippen molar-refractivity contribution in [2.24, 2.45) is 0 Å². The summed E-state index contributed by atoms with van der Waals surface area (Å²) in [5.41, 5.74) is 0.659. The summed E-state index contributed by atoms with van der Waals surface area (Å²) in [6, 6.07) is 5.84. The summed E-state index contributed by atoms with van der Waals surface area (Å²) < 4.78 is 17.9. The average Bonchev–Trinajstić information content (AvgIpc) is 3.17. The van der Waals surface area contributed by atoms with Crippen LogP contribution in [0.1, 0.15) is 31.6 Å². The van der Waals surface area contributed by atoms with Gasteiger partial charge in [0, 0.05) is 11.6 Å². The number of halogens is 1. The van der Waals surface area contributed by atoms with Crippen LogP contribution in [-0.4, -0.2) is 22.2 Å². The Labute approximate surface area is 127 Å². The second-order valence-electron chi connectivity index (χ2n) is 5.33. The summed E-state index contributed by atoms with van der Waals surface area (Å²) in [4.78, 5) is 15.9. The Morgan fingerprint density at radius 2 is 2.00 bits per heavy atom. The predicted octanol–water partition coefficient (Wildman–Crippen LogP) is 2.62. The molecule has 1 heterocycles. The molecule has 0 aliphatic heterocycles. The zero-order valence-corrected chi connectivity index (χ0v) is 12.0. The number of nitrogens with zero attached hydrogens (tertiary/aromatic N) is 2. The third kappa shape index (κ3) is 3.60. The Hall–Kier alpha value is -2.44. The molecule has 116 valence electrons. The highest BCUT2D eigenvalue weighted by atomic mass is 19.1. The van der Waals surface area contributed by atoms with Crippen LogP contribution in [0.4, 0.5) is 9.18 Å². The molecule has 3 rings (SSSR count). The fourth-order valence-electron chi connectivity index (χ4n) is 2.51. The van der Waals surface area contributed by atoms with Crippen LogP contribution in [0.5, 0.6) is 0 Å². The standard InChI is InChI=1S/C15H17FN4O2/c16-11-7-5-10(6-8-11)14-19-13(22-20-14)9-17-15(21)18-12-3-1-2-4-12/h5-8,12H,1-4,9H2,(H2,17,18,21). The van der Waals surface area contributed by atoms with Gasteiger partial charge in [0.25, 0.3) is 0 Å². The fourth-order valence-corrected chi connectivity index (χ4v) is 2.51. The van der Waals surface area contributed by atoms with Crippen molar-refractivity contribution < 1.29 is 13.7 Å². The van der Waals surface area contributed by atoms with Crippen molar-refractivity contribution in [3.8, 4) is 11.4 Å². The highest BCUT2D eigenvalue weighted by molar-refractivity contribution is 5.74. The van der Waals surface area contributed by atoms with Crippen LogP contribution in [0, 0.1) is 5.82 Å². The summed E-state index contributed by atoms with van der Waals surface area (Å²) in [5, 5.41) is 9.42. The van der Waals surface area contributed by atoms with Crippen molar-refractivity contribution in [3.63, 3.8) is 0 Å². The number of hydrogen-bond donors (Lipinski definition) is 2. The van der Waals surface area contributed by atoms with E-state index in [1.807, 2.05) is 0 Å². The number of benzene rings is 1. The van der Waals surface area contributed by atoms with Gasteiger partial charge in [-0.3, -0.25) is 0 Å². The van der Waals surface area contributed by atoms with Gasteiger partial charge in [0.05, 0.1) is 6.54 Å². The van der Waals surface area contributed by atoms with Crippen molar-refractivity contribution in [2.75, 3.05) is 0 Å². The molecule has 7 heteroatoms. The lowest BCUT2D eigenvalue weighted by molar-refractivity contribution is 0.234. The van der Waals surface area contributed by atoms with Gasteiger partial charge in [-0.15, -0.1) is 0 Å². The number of rotatable bonds is 4. The molecule has 1 saturated carbocycles. The minimum absolute atomic E-state index is 0.159. The summed E-state index contributed by atoms with van der Waals surface area (Å²) in [6.07, 6.45) is 4.39. The summed E-state index contributed by atoms with van der Waals surface area (Å²) >= 11 is 0. The third-order valence-corrected chi connectivity index (χ3v) is 3.66. The molecule has 6 nitrogen and oxygen atoms in total. The van der Waals surface area contributed by atoms with Gasteiger partial charge in [0.1, 0.15) is 5.82 Å². The molecule has 0 unspecified atom stereocenters. The van der Waals surface area contributed by atoms with Crippen LogP contribution < -0.4 is 10.6 Å². The van der Waals surface area contributed by atoms with Gasteiger partial charge in [0.2, 0.25) is 11.7 Å². The number of carbonyl (C=O) groups excluding carboxylic acids is 1. The Kier molecular flexibility index (Phi) is 4.32. The van der Waals surface area contributed by atoms with Crippen LogP contribution in [0.2, 0.25) is 0 Å². The number of urea groups is 1. The average molecular weight is 304 g/mol. The van der Waals surface area contributed by atoms with Crippen LogP contribution >= 0.6 is 0 Å². The molecule has 0 spiro atoms. The molecule has 1 aliphatic carbocycles. The SMILES string of the molecule is O=C(NCc1nc(-c2ccc(F)cc2)no1)NC1CCCC1. The minimum Gasteiger partial charge on any atom is -0.337 e. The molecule has 1 aliphatic rings. The van der Waals surface area contributed by atoms with E-state index in [1.165, 1.54) is 12.1 Å². The van der Waals surface area contributed by atoms with Gasteiger partial charge >= 0.3 is 6.03 Å². The summed E-state index contributed by atoms with van der Waals surface area (Å²) in [7, 11) is 0. The van der Waals surface area contributed by atoms with Gasteiger partial charge in [-0.2, -0.15) is 4.98 Å². The molecular weight excluding hydrogens is 287 g/mol. The molecule has 1 aromatic heterocycles. The predicted molar refractivity (Wildman–Crippen MR) is 77.3 cm³/mol. The van der Waals surface area contributed by atoms with E-state index in [4.69, 9.17) is 4.52 Å². The van der Waals surface area contributed by atoms with E-state index in [-0.39, 0.29) is 24.4 Å². The minimum atomic E-state index is -0.322. The number of carbonyl (C=O) groups is 1. The lowest BCUT2D eigenvalue weighted by atomic mass is 10.2. The Morgan fingerprint density at radius 1 is 1.27 bits per heavy atom. The zero-order chi connectivity index (χ0) is 15.4. The van der Waals surface area contributed by atoms with E-state index in [1.54, 1.807) is 12.1 Å². The van der Waals surface area contributed by atoms with Crippen LogP contribution in [0.3, 0.4) is 0 Å². The summed E-state index contributed by atoms with van der Waals surface area (Å²) in [6.45, 7) is 0.159. The van der Waals surface area contributed by atoms with Gasteiger partial charge in [-0.05, 0) is 37.1 Å². The van der Waals surface area contributed by atoms with Crippen molar-refractivity contribution >= 4 is 6.03 Å². The van der Waals surface area contributed by atoms with Crippen LogP contribution in [0.15, 0.2) is 28.8 Å². The number of amides is 2. The molecule has 1 aromatic carbocycles. The van der Waals surface area contributed by atoms with Gasteiger partial charge in [0.15, 0.2) is 0 Å². The molecule has 0 radical (unpaired) electrons. The fraction of sp³-hybridized carbons (Fsp3) is 0.400. The van der Waals surface area contributed by atoms with Crippen molar-refractivity contribution in [1.29, 1.82) is 0 Å². The Bertz CT molecular complexity index is 635. The number of hydrogen-bond acceptors (Lipinski definition) is 4. The topological polar surface area (TPSA) is 80.1 Å². The highest BCUT2D eigenvalue weighted by Crippen LogP contribution is 2.17. The molecule has 2 N–H and O–H groups in total. The maximum Gasteiger partial charge on any atom is 0.315 e. The van der Waals surface area contributed by atoms with E-state index in [0.29, 0.717) is 17.3 Å². The molecule has 0 atom stereocenters. The molecule has 2 aromatic rings. The van der Waals surface area contributed by atoms with E-state index in [9.17, 15) is 9.18 Å². The largest absolute Gasteiger partial charge is 0.337 e. The van der Waals surface area contributed by atoms with Gasteiger partial charge < -0.3 is 15.2 Å². The van der Waals surface area contributed by atoms with Gasteiger partial charge in [-0.1, -0.05) is 18.0 Å². The lowest BCUT2D eigenvalue weighted by Crippen LogP contribution is -2.40. The normalized spacial score (nSPS) is 15.0. The first-order valence-electron chi connectivity index (χ1n) is 7.33. The Morgan fingerprint density at radius 3 is 2.73 bits per heavy atom. The molecule has 0 saturated heterocycles. The quantitative estimate of drug-likeness (QED) is 0.910. The zero-order valence-electron chi connectivity index (χ0n) is 12.0. The van der Waals surface area contributed by atoms with E-state index >= 15 is 0 Å². The van der Waals surface area contributed by atoms with Crippen LogP contribution in [-0.2, 0) is 6.54 Å². The smallest absolute Gasteiger partial charge is 0.315 e. The Balaban J connectivity index is 1.53. The molecule has 2 amide bonds. The maximum absolute atomic E-state index is 12.9. The highest BCUT2D eigenvalue weighted by Gasteiger charge is 2.17. The number of aromatic nitrogens is 2. The lowest BCUT2D eigenvalue weighted by Gasteiger charge is -2.11. The number of nitrogens with one attached hydrogen (secondary N) is 2. The van der Waals surface area contributed by atoms with Crippen molar-refractivity contribution in [1.82, 2.24) is 20.8 Å². The first kappa shape index (κ1) is 14.5. The molecular formula is C15H17FN4O2.